The van der Waals surface area contributed by atoms with Crippen molar-refractivity contribution in [3.8, 4) is 11.8 Å². The Kier molecular flexibility index (Phi) is 6.86. The first-order valence-corrected chi connectivity index (χ1v) is 12.0. The molecule has 0 radical (unpaired) electrons. The summed E-state index contributed by atoms with van der Waals surface area (Å²) in [7, 11) is 0. The molecule has 1 aromatic carbocycles. The van der Waals surface area contributed by atoms with Crippen molar-refractivity contribution in [1.29, 1.82) is 0 Å². The molecule has 2 aliphatic heterocycles. The minimum Gasteiger partial charge on any atom is -0.444 e. The highest BCUT2D eigenvalue weighted by molar-refractivity contribution is 6.05. The molecule has 3 N–H and O–H groups in total. The van der Waals surface area contributed by atoms with Gasteiger partial charge in [0.25, 0.3) is 5.91 Å². The molecule has 35 heavy (non-hydrogen) atoms. The Bertz CT molecular complexity index is 1110. The van der Waals surface area contributed by atoms with Crippen LogP contribution in [-0.4, -0.2) is 63.9 Å². The third-order valence-corrected chi connectivity index (χ3v) is 6.45. The van der Waals surface area contributed by atoms with Crippen LogP contribution in [0.2, 0.25) is 0 Å². The van der Waals surface area contributed by atoms with Crippen molar-refractivity contribution in [1.82, 2.24) is 15.1 Å². The van der Waals surface area contributed by atoms with Crippen LogP contribution < -0.4 is 11.1 Å². The minimum absolute atomic E-state index is 0.0749. The Labute approximate surface area is 205 Å². The van der Waals surface area contributed by atoms with E-state index in [-0.39, 0.29) is 36.4 Å². The van der Waals surface area contributed by atoms with E-state index in [0.29, 0.717) is 31.5 Å². The van der Waals surface area contributed by atoms with Gasteiger partial charge in [0.05, 0.1) is 0 Å². The molecule has 9 nitrogen and oxygen atoms in total. The molecular formula is C26H32N4O5. The predicted octanol–water partition coefficient (Wildman–Crippen LogP) is 1.92. The van der Waals surface area contributed by atoms with Crippen LogP contribution in [0.15, 0.2) is 18.2 Å². The van der Waals surface area contributed by atoms with Crippen LogP contribution in [0, 0.1) is 11.8 Å². The van der Waals surface area contributed by atoms with Crippen LogP contribution in [0.1, 0.15) is 74.4 Å². The van der Waals surface area contributed by atoms with Gasteiger partial charge < -0.3 is 20.3 Å². The largest absolute Gasteiger partial charge is 0.444 e. The zero-order valence-electron chi connectivity index (χ0n) is 20.4. The summed E-state index contributed by atoms with van der Waals surface area (Å²) in [5, 5.41) is 2.31. The number of rotatable bonds is 4. The fourth-order valence-corrected chi connectivity index (χ4v) is 4.62. The molecule has 1 aromatic rings. The topological polar surface area (TPSA) is 122 Å². The van der Waals surface area contributed by atoms with Gasteiger partial charge >= 0.3 is 6.09 Å². The Morgan fingerprint density at radius 2 is 2.00 bits per heavy atom. The first-order valence-electron chi connectivity index (χ1n) is 12.0. The smallest absolute Gasteiger partial charge is 0.410 e. The molecule has 1 unspecified atom stereocenters. The van der Waals surface area contributed by atoms with Crippen molar-refractivity contribution in [2.24, 2.45) is 5.73 Å². The Morgan fingerprint density at radius 1 is 1.26 bits per heavy atom. The van der Waals surface area contributed by atoms with Crippen LogP contribution >= 0.6 is 0 Å². The maximum atomic E-state index is 12.8. The van der Waals surface area contributed by atoms with Crippen LogP contribution in [0.3, 0.4) is 0 Å². The second-order valence-corrected chi connectivity index (χ2v) is 10.4. The zero-order valence-corrected chi connectivity index (χ0v) is 20.4. The number of carbonyl (C=O) groups is 4. The van der Waals surface area contributed by atoms with E-state index in [4.69, 9.17) is 10.5 Å². The lowest BCUT2D eigenvalue weighted by Crippen LogP contribution is -2.54. The summed E-state index contributed by atoms with van der Waals surface area (Å²) in [6.07, 6.45) is 2.20. The molecule has 2 fully saturated rings. The predicted molar refractivity (Wildman–Crippen MR) is 128 cm³/mol. The lowest BCUT2D eigenvalue weighted by Gasteiger charge is -2.41. The van der Waals surface area contributed by atoms with Gasteiger partial charge in [-0.15, -0.1) is 0 Å². The number of carbonyl (C=O) groups excluding carboxylic acids is 4. The molecule has 4 amide bonds. The molecule has 1 saturated heterocycles. The zero-order chi connectivity index (χ0) is 25.3. The molecule has 3 aliphatic rings. The summed E-state index contributed by atoms with van der Waals surface area (Å²) in [5.41, 5.74) is 7.47. The first-order chi connectivity index (χ1) is 16.5. The van der Waals surface area contributed by atoms with E-state index >= 15 is 0 Å². The summed E-state index contributed by atoms with van der Waals surface area (Å²) in [4.78, 5) is 52.4. The van der Waals surface area contributed by atoms with Gasteiger partial charge in [0.2, 0.25) is 11.8 Å². The van der Waals surface area contributed by atoms with Crippen molar-refractivity contribution in [2.45, 2.75) is 83.1 Å². The third kappa shape index (κ3) is 5.65. The van der Waals surface area contributed by atoms with Gasteiger partial charge in [-0.1, -0.05) is 11.8 Å². The second kappa shape index (κ2) is 9.70. The van der Waals surface area contributed by atoms with E-state index < -0.39 is 17.6 Å². The van der Waals surface area contributed by atoms with Crippen molar-refractivity contribution >= 4 is 23.8 Å². The maximum Gasteiger partial charge on any atom is 0.410 e. The fourth-order valence-electron chi connectivity index (χ4n) is 4.62. The van der Waals surface area contributed by atoms with E-state index in [2.05, 4.69) is 17.2 Å². The van der Waals surface area contributed by atoms with Crippen molar-refractivity contribution in [3.05, 3.63) is 34.9 Å². The number of imide groups is 1. The third-order valence-electron chi connectivity index (χ3n) is 6.45. The minimum atomic E-state index is -0.638. The van der Waals surface area contributed by atoms with E-state index in [9.17, 15) is 19.2 Å². The van der Waals surface area contributed by atoms with Gasteiger partial charge in [-0.05, 0) is 63.8 Å². The average molecular weight is 481 g/mol. The number of amides is 4. The maximum absolute atomic E-state index is 12.8. The second-order valence-electron chi connectivity index (χ2n) is 10.4. The van der Waals surface area contributed by atoms with Crippen molar-refractivity contribution in [3.63, 3.8) is 0 Å². The number of fused-ring (bicyclic) bond motifs is 1. The van der Waals surface area contributed by atoms with Gasteiger partial charge in [0.15, 0.2) is 0 Å². The molecule has 1 atom stereocenters. The highest BCUT2D eigenvalue weighted by atomic mass is 16.6. The molecule has 1 saturated carbocycles. The fraction of sp³-hybridized carbons (Fsp3) is 0.538. The first kappa shape index (κ1) is 24.7. The van der Waals surface area contributed by atoms with E-state index in [0.717, 1.165) is 24.0 Å². The van der Waals surface area contributed by atoms with E-state index in [1.165, 1.54) is 4.90 Å². The average Bonchev–Trinajstić information content (AvgIpc) is 3.06. The van der Waals surface area contributed by atoms with E-state index in [1.54, 1.807) is 17.0 Å². The molecule has 4 rings (SSSR count). The highest BCUT2D eigenvalue weighted by Gasteiger charge is 2.39. The number of benzene rings is 1. The number of nitrogens with zero attached hydrogens (tertiary/aromatic N) is 2. The van der Waals surface area contributed by atoms with Crippen molar-refractivity contribution in [2.75, 3.05) is 6.54 Å². The van der Waals surface area contributed by atoms with Crippen LogP contribution in [0.25, 0.3) is 0 Å². The Balaban J connectivity index is 1.38. The number of ether oxygens (including phenoxy) is 1. The summed E-state index contributed by atoms with van der Waals surface area (Å²) < 4.78 is 5.56. The quantitative estimate of drug-likeness (QED) is 0.502. The Hall–Kier alpha value is -3.38. The SMILES string of the molecule is CC(C)(C)OC(=O)N(CCC#Cc1ccc2c(c1)CN(C1CCC(=O)NC1=O)C2=O)C1CC(N)C1. The van der Waals surface area contributed by atoms with Gasteiger partial charge in [-0.2, -0.15) is 0 Å². The monoisotopic (exact) mass is 480 g/mol. The molecule has 0 bridgehead atoms. The van der Waals surface area contributed by atoms with Crippen LogP contribution in [0.4, 0.5) is 4.79 Å². The lowest BCUT2D eigenvalue weighted by molar-refractivity contribution is -0.136. The van der Waals surface area contributed by atoms with Gasteiger partial charge in [0.1, 0.15) is 11.6 Å². The highest BCUT2D eigenvalue weighted by Crippen LogP contribution is 2.28. The molecule has 0 spiro atoms. The summed E-state index contributed by atoms with van der Waals surface area (Å²) in [6, 6.07) is 4.93. The number of piperidine rings is 1. The lowest BCUT2D eigenvalue weighted by atomic mass is 9.86. The molecular weight excluding hydrogens is 448 g/mol. The van der Waals surface area contributed by atoms with Crippen LogP contribution in [0.5, 0.6) is 0 Å². The number of hydrogen-bond acceptors (Lipinski definition) is 6. The molecule has 1 aliphatic carbocycles. The molecule has 186 valence electrons. The normalized spacial score (nSPS) is 23.6. The molecule has 2 heterocycles. The standard InChI is InChI=1S/C26H32N4O5/c1-26(2,3)35-25(34)29(19-13-18(27)14-19)11-5-4-6-16-7-8-20-17(12-16)15-30(24(20)33)21-9-10-22(31)28-23(21)32/h7-8,12,18-19,21H,5,9-11,13-15,27H2,1-3H3,(H,28,31,32). The summed E-state index contributed by atoms with van der Waals surface area (Å²) in [5.74, 6) is 5.30. The Morgan fingerprint density at radius 3 is 2.66 bits per heavy atom. The van der Waals surface area contributed by atoms with Gasteiger partial charge in [-0.3, -0.25) is 19.7 Å². The number of nitrogens with one attached hydrogen (secondary N) is 1. The van der Waals surface area contributed by atoms with E-state index in [1.807, 2.05) is 26.8 Å². The molecule has 0 aromatic heterocycles. The number of hydrogen-bond donors (Lipinski definition) is 2. The van der Waals surface area contributed by atoms with Crippen LogP contribution in [-0.2, 0) is 20.9 Å². The van der Waals surface area contributed by atoms with Crippen molar-refractivity contribution < 1.29 is 23.9 Å². The summed E-state index contributed by atoms with van der Waals surface area (Å²) in [6.45, 7) is 6.29. The summed E-state index contributed by atoms with van der Waals surface area (Å²) >= 11 is 0. The number of nitrogens with two attached hydrogens (primary N) is 1. The van der Waals surface area contributed by atoms with Gasteiger partial charge in [0, 0.05) is 49.1 Å². The van der Waals surface area contributed by atoms with Gasteiger partial charge in [-0.25, -0.2) is 4.79 Å². The molecule has 9 heteroatoms.